The second-order valence-corrected chi connectivity index (χ2v) is 4.22. The van der Waals surface area contributed by atoms with Crippen LogP contribution in [-0.2, 0) is 10.0 Å². The lowest BCUT2D eigenvalue weighted by atomic mass is 10.5. The molecule has 0 unspecified atom stereocenters. The monoisotopic (exact) mass is 181 g/mol. The first-order chi connectivity index (χ1) is 5.12. The maximum absolute atomic E-state index is 10.9. The van der Waals surface area contributed by atoms with Gasteiger partial charge in [0.1, 0.15) is 0 Å². The predicted octanol–water partition coefficient (Wildman–Crippen LogP) is -0.302. The zero-order valence-corrected chi connectivity index (χ0v) is 7.52. The van der Waals surface area contributed by atoms with Gasteiger partial charge in [-0.2, -0.15) is 0 Å². The third kappa shape index (κ3) is 6.28. The van der Waals surface area contributed by atoms with E-state index in [1.54, 1.807) is 0 Å². The van der Waals surface area contributed by atoms with Crippen molar-refractivity contribution < 1.29 is 13.5 Å². The Bertz CT molecular complexity index is 162. The number of nitrogens with one attached hydrogen (secondary N) is 1. The van der Waals surface area contributed by atoms with Crippen LogP contribution in [0.5, 0.6) is 0 Å². The highest BCUT2D eigenvalue weighted by Crippen LogP contribution is 1.88. The molecule has 0 aliphatic carbocycles. The molecule has 5 heteroatoms. The summed E-state index contributed by atoms with van der Waals surface area (Å²) in [5.41, 5.74) is 0. The van der Waals surface area contributed by atoms with Gasteiger partial charge in [-0.1, -0.05) is 6.92 Å². The summed E-state index contributed by atoms with van der Waals surface area (Å²) in [4.78, 5) is 0. The van der Waals surface area contributed by atoms with Gasteiger partial charge in [0.15, 0.2) is 0 Å². The molecule has 0 amide bonds. The highest BCUT2D eigenvalue weighted by Gasteiger charge is 2.06. The SMILES string of the molecule is CCCNS(=O)(=O)CCCO. The van der Waals surface area contributed by atoms with Crippen molar-refractivity contribution in [2.75, 3.05) is 18.9 Å². The average Bonchev–Trinajstić information content (AvgIpc) is 1.97. The van der Waals surface area contributed by atoms with Gasteiger partial charge >= 0.3 is 0 Å². The largest absolute Gasteiger partial charge is 0.396 e. The summed E-state index contributed by atoms with van der Waals surface area (Å²) >= 11 is 0. The molecule has 0 heterocycles. The Morgan fingerprint density at radius 2 is 2.09 bits per heavy atom. The highest BCUT2D eigenvalue weighted by atomic mass is 32.2. The molecule has 0 aromatic rings. The van der Waals surface area contributed by atoms with E-state index in [0.717, 1.165) is 6.42 Å². The fourth-order valence-corrected chi connectivity index (χ4v) is 1.75. The zero-order valence-electron chi connectivity index (χ0n) is 6.71. The van der Waals surface area contributed by atoms with Gasteiger partial charge in [0.25, 0.3) is 0 Å². The summed E-state index contributed by atoms with van der Waals surface area (Å²) in [6.07, 6.45) is 1.09. The van der Waals surface area contributed by atoms with E-state index in [9.17, 15) is 8.42 Å². The second kappa shape index (κ2) is 5.51. The average molecular weight is 181 g/mol. The molecule has 0 radical (unpaired) electrons. The van der Waals surface area contributed by atoms with E-state index >= 15 is 0 Å². The van der Waals surface area contributed by atoms with Crippen LogP contribution in [0, 0.1) is 0 Å². The Morgan fingerprint density at radius 1 is 1.45 bits per heavy atom. The first-order valence-electron chi connectivity index (χ1n) is 3.70. The number of rotatable bonds is 6. The Hall–Kier alpha value is -0.130. The van der Waals surface area contributed by atoms with Crippen molar-refractivity contribution in [1.82, 2.24) is 4.72 Å². The van der Waals surface area contributed by atoms with Gasteiger partial charge in [-0.15, -0.1) is 0 Å². The van der Waals surface area contributed by atoms with Crippen molar-refractivity contribution in [3.05, 3.63) is 0 Å². The van der Waals surface area contributed by atoms with Crippen molar-refractivity contribution in [2.45, 2.75) is 19.8 Å². The van der Waals surface area contributed by atoms with E-state index in [-0.39, 0.29) is 12.4 Å². The molecular formula is C6H15NO3S. The maximum atomic E-state index is 10.9. The number of sulfonamides is 1. The molecule has 2 N–H and O–H groups in total. The zero-order chi connectivity index (χ0) is 8.74. The molecule has 0 aliphatic heterocycles. The van der Waals surface area contributed by atoms with Crippen LogP contribution in [0.1, 0.15) is 19.8 Å². The Balaban J connectivity index is 3.63. The van der Waals surface area contributed by atoms with Crippen molar-refractivity contribution in [3.63, 3.8) is 0 Å². The van der Waals surface area contributed by atoms with Crippen LogP contribution >= 0.6 is 0 Å². The van der Waals surface area contributed by atoms with E-state index in [2.05, 4.69) is 4.72 Å². The molecule has 0 atom stereocenters. The molecule has 0 rings (SSSR count). The predicted molar refractivity (Wildman–Crippen MR) is 43.8 cm³/mol. The highest BCUT2D eigenvalue weighted by molar-refractivity contribution is 7.89. The van der Waals surface area contributed by atoms with E-state index in [1.165, 1.54) is 0 Å². The summed E-state index contributed by atoms with van der Waals surface area (Å²) < 4.78 is 24.3. The number of hydrogen-bond acceptors (Lipinski definition) is 3. The third-order valence-electron chi connectivity index (χ3n) is 1.14. The van der Waals surface area contributed by atoms with Crippen molar-refractivity contribution in [1.29, 1.82) is 0 Å². The van der Waals surface area contributed by atoms with E-state index in [1.807, 2.05) is 6.92 Å². The lowest BCUT2D eigenvalue weighted by Gasteiger charge is -2.02. The van der Waals surface area contributed by atoms with Gasteiger partial charge in [0.2, 0.25) is 10.0 Å². The standard InChI is InChI=1S/C6H15NO3S/c1-2-4-7-11(9,10)6-3-5-8/h7-8H,2-6H2,1H3. The lowest BCUT2D eigenvalue weighted by molar-refractivity contribution is 0.295. The summed E-state index contributed by atoms with van der Waals surface area (Å²) in [5.74, 6) is 0.0174. The minimum absolute atomic E-state index is 0.0174. The van der Waals surface area contributed by atoms with Crippen molar-refractivity contribution in [3.8, 4) is 0 Å². The molecular weight excluding hydrogens is 166 g/mol. The molecule has 68 valence electrons. The maximum Gasteiger partial charge on any atom is 0.211 e. The topological polar surface area (TPSA) is 66.4 Å². The van der Waals surface area contributed by atoms with Crippen LogP contribution in [0.3, 0.4) is 0 Å². The number of hydrogen-bond donors (Lipinski definition) is 2. The smallest absolute Gasteiger partial charge is 0.211 e. The lowest BCUT2D eigenvalue weighted by Crippen LogP contribution is -2.27. The van der Waals surface area contributed by atoms with Crippen LogP contribution < -0.4 is 4.72 Å². The molecule has 0 fully saturated rings. The Kier molecular flexibility index (Phi) is 5.45. The molecule has 0 aromatic heterocycles. The van der Waals surface area contributed by atoms with Crippen LogP contribution in [0.2, 0.25) is 0 Å². The quantitative estimate of drug-likeness (QED) is 0.591. The van der Waals surface area contributed by atoms with Gasteiger partial charge < -0.3 is 5.11 Å². The van der Waals surface area contributed by atoms with Gasteiger partial charge in [0, 0.05) is 13.2 Å². The molecule has 0 saturated heterocycles. The summed E-state index contributed by atoms with van der Waals surface area (Å²) in [6, 6.07) is 0. The molecule has 0 saturated carbocycles. The van der Waals surface area contributed by atoms with Crippen molar-refractivity contribution >= 4 is 10.0 Å². The van der Waals surface area contributed by atoms with Gasteiger partial charge in [-0.05, 0) is 12.8 Å². The minimum atomic E-state index is -3.12. The first kappa shape index (κ1) is 10.9. The summed E-state index contributed by atoms with van der Waals surface area (Å²) in [6.45, 7) is 2.30. The fourth-order valence-electron chi connectivity index (χ4n) is 0.584. The molecule has 11 heavy (non-hydrogen) atoms. The second-order valence-electron chi connectivity index (χ2n) is 2.29. The van der Waals surface area contributed by atoms with Crippen LogP contribution in [0.25, 0.3) is 0 Å². The van der Waals surface area contributed by atoms with Crippen LogP contribution in [0.15, 0.2) is 0 Å². The first-order valence-corrected chi connectivity index (χ1v) is 5.36. The summed E-state index contributed by atoms with van der Waals surface area (Å²) in [7, 11) is -3.12. The van der Waals surface area contributed by atoms with Crippen molar-refractivity contribution in [2.24, 2.45) is 0 Å². The minimum Gasteiger partial charge on any atom is -0.396 e. The molecule has 0 aromatic carbocycles. The number of aliphatic hydroxyl groups excluding tert-OH is 1. The third-order valence-corrected chi connectivity index (χ3v) is 2.61. The van der Waals surface area contributed by atoms with Gasteiger partial charge in [0.05, 0.1) is 5.75 Å². The number of aliphatic hydroxyl groups is 1. The molecule has 0 bridgehead atoms. The van der Waals surface area contributed by atoms with E-state index < -0.39 is 10.0 Å². The molecule has 4 nitrogen and oxygen atoms in total. The van der Waals surface area contributed by atoms with Gasteiger partial charge in [-0.25, -0.2) is 13.1 Å². The normalized spacial score (nSPS) is 11.8. The Labute approximate surface area is 67.7 Å². The van der Waals surface area contributed by atoms with Crippen LogP contribution in [0.4, 0.5) is 0 Å². The molecule has 0 aliphatic rings. The Morgan fingerprint density at radius 3 is 2.55 bits per heavy atom. The summed E-state index contributed by atoms with van der Waals surface area (Å²) in [5, 5.41) is 8.36. The fraction of sp³-hybridized carbons (Fsp3) is 1.00. The van der Waals surface area contributed by atoms with Crippen LogP contribution in [-0.4, -0.2) is 32.4 Å². The molecule has 0 spiro atoms. The van der Waals surface area contributed by atoms with Gasteiger partial charge in [-0.3, -0.25) is 0 Å². The van der Waals surface area contributed by atoms with E-state index in [4.69, 9.17) is 5.11 Å². The van der Waals surface area contributed by atoms with E-state index in [0.29, 0.717) is 13.0 Å².